The molecule has 0 fully saturated rings. The largest absolute Gasteiger partial charge is 0.441 e. The number of hydrogen-bond donors (Lipinski definition) is 0. The zero-order chi connectivity index (χ0) is 36.6. The summed E-state index contributed by atoms with van der Waals surface area (Å²) in [4.78, 5) is 51.4. The van der Waals surface area contributed by atoms with Crippen molar-refractivity contribution in [2.24, 2.45) is 0 Å². The second kappa shape index (κ2) is 13.7. The van der Waals surface area contributed by atoms with E-state index in [0.717, 1.165) is 45.9 Å². The standard InChI is InChI=1S/C42H40N4O6/c1-27(47)50-32-13-16-36-38(23-32)41(3,4)39-24-33(51-28(2)48)14-17-37(39)42(36)35-15-12-31(22-34(35)40(49)52-42)45(5)20-21-46(25-29-10-6-8-18-43-29)26-30-11-7-9-19-44-30/h6-19,22-24H,20-21,25-26H2,1-5H3. The molecule has 2 aliphatic rings. The molecule has 0 unspecified atom stereocenters. The van der Waals surface area contributed by atoms with Gasteiger partial charge >= 0.3 is 17.9 Å². The number of hydrogen-bond acceptors (Lipinski definition) is 10. The molecule has 3 heterocycles. The van der Waals surface area contributed by atoms with E-state index < -0.39 is 28.9 Å². The van der Waals surface area contributed by atoms with Crippen LogP contribution in [0.3, 0.4) is 0 Å². The lowest BCUT2D eigenvalue weighted by molar-refractivity contribution is -0.132. The molecule has 2 aromatic heterocycles. The number of anilines is 1. The van der Waals surface area contributed by atoms with Crippen molar-refractivity contribution < 1.29 is 28.6 Å². The first-order valence-corrected chi connectivity index (χ1v) is 17.2. The molecule has 10 heteroatoms. The minimum atomic E-state index is -1.28. The van der Waals surface area contributed by atoms with Crippen LogP contribution in [0.4, 0.5) is 5.69 Å². The van der Waals surface area contributed by atoms with Crippen LogP contribution < -0.4 is 14.4 Å². The number of ether oxygens (including phenoxy) is 3. The lowest BCUT2D eigenvalue weighted by atomic mass is 9.61. The normalized spacial score (nSPS) is 14.6. The molecular formula is C42H40N4O6. The fourth-order valence-corrected chi connectivity index (χ4v) is 7.41. The van der Waals surface area contributed by atoms with Crippen LogP contribution in [0.15, 0.2) is 103 Å². The minimum Gasteiger partial charge on any atom is -0.441 e. The first-order valence-electron chi connectivity index (χ1n) is 17.2. The molecule has 0 atom stereocenters. The maximum Gasteiger partial charge on any atom is 0.340 e. The minimum absolute atomic E-state index is 0.385. The number of benzene rings is 3. The molecule has 10 nitrogen and oxygen atoms in total. The second-order valence-electron chi connectivity index (χ2n) is 13.8. The van der Waals surface area contributed by atoms with Gasteiger partial charge in [0.2, 0.25) is 0 Å². The Morgan fingerprint density at radius 1 is 0.692 bits per heavy atom. The third-order valence-corrected chi connectivity index (χ3v) is 9.87. The molecule has 0 saturated carbocycles. The topological polar surface area (TPSA) is 111 Å². The Morgan fingerprint density at radius 2 is 1.23 bits per heavy atom. The fourth-order valence-electron chi connectivity index (χ4n) is 7.41. The van der Waals surface area contributed by atoms with E-state index in [1.807, 2.05) is 99.8 Å². The van der Waals surface area contributed by atoms with Crippen LogP contribution in [-0.4, -0.2) is 52.9 Å². The number of pyridine rings is 2. The van der Waals surface area contributed by atoms with E-state index in [1.165, 1.54) is 13.8 Å². The number of esters is 3. The highest BCUT2D eigenvalue weighted by atomic mass is 16.6. The van der Waals surface area contributed by atoms with Crippen molar-refractivity contribution >= 4 is 23.6 Å². The molecule has 1 spiro atoms. The summed E-state index contributed by atoms with van der Waals surface area (Å²) >= 11 is 0. The summed E-state index contributed by atoms with van der Waals surface area (Å²) in [6, 6.07) is 28.6. The van der Waals surface area contributed by atoms with Crippen LogP contribution in [0.5, 0.6) is 11.5 Å². The fraction of sp³-hybridized carbons (Fsp3) is 0.262. The third-order valence-electron chi connectivity index (χ3n) is 9.87. The van der Waals surface area contributed by atoms with Crippen LogP contribution in [0, 0.1) is 0 Å². The Morgan fingerprint density at radius 3 is 1.73 bits per heavy atom. The lowest BCUT2D eigenvalue weighted by Crippen LogP contribution is -2.41. The van der Waals surface area contributed by atoms with Crippen LogP contribution in [-0.2, 0) is 38.4 Å². The van der Waals surface area contributed by atoms with Gasteiger partial charge in [0.05, 0.1) is 17.0 Å². The van der Waals surface area contributed by atoms with Gasteiger partial charge in [-0.2, -0.15) is 0 Å². The Hall–Kier alpha value is -5.87. The average molecular weight is 697 g/mol. The van der Waals surface area contributed by atoms with E-state index in [0.29, 0.717) is 42.3 Å². The number of aromatic nitrogens is 2. The van der Waals surface area contributed by atoms with Gasteiger partial charge in [0, 0.05) is 87.3 Å². The molecule has 7 rings (SSSR count). The zero-order valence-electron chi connectivity index (χ0n) is 29.9. The van der Waals surface area contributed by atoms with E-state index in [9.17, 15) is 14.4 Å². The van der Waals surface area contributed by atoms with Gasteiger partial charge in [-0.3, -0.25) is 24.5 Å². The van der Waals surface area contributed by atoms with Crippen molar-refractivity contribution in [3.05, 3.63) is 148 Å². The van der Waals surface area contributed by atoms with Crippen molar-refractivity contribution in [2.45, 2.75) is 51.8 Å². The maximum atomic E-state index is 14.0. The molecule has 52 heavy (non-hydrogen) atoms. The highest BCUT2D eigenvalue weighted by Crippen LogP contribution is 2.57. The van der Waals surface area contributed by atoms with Crippen molar-refractivity contribution in [1.82, 2.24) is 14.9 Å². The SMILES string of the molecule is CC(=O)Oc1ccc2c(c1)C(C)(C)c1cc(OC(C)=O)ccc1C21OC(=O)c2cc(N(C)CCN(Cc3ccccn3)Cc3ccccn3)ccc21. The summed E-state index contributed by atoms with van der Waals surface area (Å²) < 4.78 is 17.5. The summed E-state index contributed by atoms with van der Waals surface area (Å²) in [7, 11) is 2.01. The van der Waals surface area contributed by atoms with Crippen LogP contribution in [0.1, 0.15) is 77.3 Å². The summed E-state index contributed by atoms with van der Waals surface area (Å²) in [5, 5.41) is 0. The van der Waals surface area contributed by atoms with Crippen LogP contribution in [0.2, 0.25) is 0 Å². The molecule has 264 valence electrons. The van der Waals surface area contributed by atoms with Gasteiger partial charge in [0.15, 0.2) is 5.60 Å². The second-order valence-corrected chi connectivity index (χ2v) is 13.8. The Balaban J connectivity index is 1.24. The van der Waals surface area contributed by atoms with Gasteiger partial charge in [0.25, 0.3) is 0 Å². The van der Waals surface area contributed by atoms with E-state index in [2.05, 4.69) is 19.8 Å². The first-order chi connectivity index (χ1) is 25.0. The van der Waals surface area contributed by atoms with Gasteiger partial charge in [-0.05, 0) is 71.8 Å². The average Bonchev–Trinajstić information content (AvgIpc) is 3.42. The number of carbonyl (C=O) groups excluding carboxylic acids is 3. The Bertz CT molecular complexity index is 2060. The highest BCUT2D eigenvalue weighted by molar-refractivity contribution is 5.98. The quantitative estimate of drug-likeness (QED) is 0.118. The first kappa shape index (κ1) is 34.6. The number of rotatable bonds is 10. The predicted octanol–water partition coefficient (Wildman–Crippen LogP) is 6.57. The molecule has 0 N–H and O–H groups in total. The van der Waals surface area contributed by atoms with E-state index in [1.54, 1.807) is 24.5 Å². The lowest BCUT2D eigenvalue weighted by Gasteiger charge is -2.44. The van der Waals surface area contributed by atoms with E-state index in [-0.39, 0.29) is 0 Å². The van der Waals surface area contributed by atoms with Gasteiger partial charge in [-0.15, -0.1) is 0 Å². The molecule has 0 radical (unpaired) electrons. The maximum absolute atomic E-state index is 14.0. The van der Waals surface area contributed by atoms with Gasteiger partial charge < -0.3 is 19.1 Å². The summed E-state index contributed by atoms with van der Waals surface area (Å²) in [6.45, 7) is 9.54. The smallest absolute Gasteiger partial charge is 0.340 e. The third kappa shape index (κ3) is 6.41. The monoisotopic (exact) mass is 696 g/mol. The number of nitrogens with zero attached hydrogens (tertiary/aromatic N) is 4. The Kier molecular flexibility index (Phi) is 9.10. The van der Waals surface area contributed by atoms with Gasteiger partial charge in [-0.25, -0.2) is 4.79 Å². The van der Waals surface area contributed by atoms with Crippen molar-refractivity contribution in [2.75, 3.05) is 25.0 Å². The van der Waals surface area contributed by atoms with Gasteiger partial charge in [-0.1, -0.05) is 44.2 Å². The summed E-state index contributed by atoms with van der Waals surface area (Å²) in [5.41, 5.74) is 5.25. The molecule has 0 saturated heterocycles. The van der Waals surface area contributed by atoms with Gasteiger partial charge in [0.1, 0.15) is 11.5 Å². The molecule has 0 amide bonds. The molecule has 1 aliphatic heterocycles. The van der Waals surface area contributed by atoms with E-state index >= 15 is 0 Å². The predicted molar refractivity (Wildman–Crippen MR) is 195 cm³/mol. The highest BCUT2D eigenvalue weighted by Gasteiger charge is 2.55. The molecule has 3 aromatic carbocycles. The van der Waals surface area contributed by atoms with Crippen LogP contribution in [0.25, 0.3) is 0 Å². The van der Waals surface area contributed by atoms with Crippen LogP contribution >= 0.6 is 0 Å². The molecule has 1 aliphatic carbocycles. The molecule has 5 aromatic rings. The van der Waals surface area contributed by atoms with Crippen molar-refractivity contribution in [3.63, 3.8) is 0 Å². The Labute approximate surface area is 303 Å². The number of likely N-dealkylation sites (N-methyl/N-ethyl adjacent to an activating group) is 1. The summed E-state index contributed by atoms with van der Waals surface area (Å²) in [6.07, 6.45) is 3.61. The molecular weight excluding hydrogens is 656 g/mol. The summed E-state index contributed by atoms with van der Waals surface area (Å²) in [5.74, 6) is -0.549. The van der Waals surface area contributed by atoms with E-state index in [4.69, 9.17) is 14.2 Å². The zero-order valence-corrected chi connectivity index (χ0v) is 29.9. The molecule has 0 bridgehead atoms. The number of fused-ring (bicyclic) bond motifs is 6. The number of carbonyl (C=O) groups is 3. The van der Waals surface area contributed by atoms with Crippen molar-refractivity contribution in [1.29, 1.82) is 0 Å². The van der Waals surface area contributed by atoms with Crippen molar-refractivity contribution in [3.8, 4) is 11.5 Å².